The summed E-state index contributed by atoms with van der Waals surface area (Å²) in [5.74, 6) is 1.43. The maximum absolute atomic E-state index is 4.24. The molecule has 0 fully saturated rings. The Morgan fingerprint density at radius 3 is 1.73 bits per heavy atom. The van der Waals surface area contributed by atoms with Crippen LogP contribution in [-0.4, -0.2) is 0 Å². The van der Waals surface area contributed by atoms with E-state index >= 15 is 0 Å². The minimum Gasteiger partial charge on any atom is -0.103 e. The Kier molecular flexibility index (Phi) is 8.07. The number of hydrogen-bond donors (Lipinski definition) is 0. The van der Waals surface area contributed by atoms with Crippen molar-refractivity contribution in [2.24, 2.45) is 5.41 Å². The molecule has 8 rings (SSSR count). The van der Waals surface area contributed by atoms with Gasteiger partial charge < -0.3 is 0 Å². The minimum atomic E-state index is -0.288. The fourth-order valence-electron chi connectivity index (χ4n) is 10.1. The minimum absolute atomic E-state index is 0.288. The Morgan fingerprint density at radius 2 is 1.13 bits per heavy atom. The van der Waals surface area contributed by atoms with Gasteiger partial charge in [0.05, 0.1) is 0 Å². The molecule has 2 aliphatic rings. The van der Waals surface area contributed by atoms with Crippen molar-refractivity contribution in [1.29, 1.82) is 0 Å². The molecule has 0 spiro atoms. The average Bonchev–Trinajstić information content (AvgIpc) is 3.54. The molecule has 0 atom stereocenters. The summed E-state index contributed by atoms with van der Waals surface area (Å²) in [6, 6.07) is 28.6. The van der Waals surface area contributed by atoms with E-state index in [0.29, 0.717) is 23.7 Å². The van der Waals surface area contributed by atoms with E-state index in [4.69, 9.17) is 0 Å². The van der Waals surface area contributed by atoms with Gasteiger partial charge in [0, 0.05) is 5.41 Å². The second-order valence-electron chi connectivity index (χ2n) is 17.3. The van der Waals surface area contributed by atoms with Crippen molar-refractivity contribution in [3.63, 3.8) is 0 Å². The lowest BCUT2D eigenvalue weighted by Crippen LogP contribution is -2.20. The molecule has 0 aromatic heterocycles. The van der Waals surface area contributed by atoms with Gasteiger partial charge in [0.15, 0.2) is 0 Å². The number of rotatable bonds is 9. The summed E-state index contributed by atoms with van der Waals surface area (Å²) in [6.07, 6.45) is 4.99. The van der Waals surface area contributed by atoms with Crippen LogP contribution in [-0.2, 0) is 6.42 Å². The first kappa shape index (κ1) is 34.4. The van der Waals surface area contributed by atoms with Gasteiger partial charge in [-0.1, -0.05) is 155 Å². The molecule has 0 radical (unpaired) electrons. The summed E-state index contributed by atoms with van der Waals surface area (Å²) in [4.78, 5) is 0. The zero-order chi connectivity index (χ0) is 37.0. The Morgan fingerprint density at radius 1 is 0.558 bits per heavy atom. The van der Waals surface area contributed by atoms with Crippen molar-refractivity contribution in [2.75, 3.05) is 0 Å². The quantitative estimate of drug-likeness (QED) is 0.105. The van der Waals surface area contributed by atoms with Crippen LogP contribution in [0.2, 0.25) is 0 Å². The van der Waals surface area contributed by atoms with E-state index in [0.717, 1.165) is 6.42 Å². The van der Waals surface area contributed by atoms with Crippen LogP contribution in [0.25, 0.3) is 60.7 Å². The number of allylic oxidation sites excluding steroid dienone is 5. The van der Waals surface area contributed by atoms with Gasteiger partial charge >= 0.3 is 0 Å². The van der Waals surface area contributed by atoms with Gasteiger partial charge in [-0.15, -0.1) is 6.58 Å². The van der Waals surface area contributed by atoms with Gasteiger partial charge in [-0.05, 0) is 146 Å². The molecule has 0 unspecified atom stereocenters. The smallest absolute Gasteiger partial charge is 0.0171 e. The third-order valence-electron chi connectivity index (χ3n) is 12.3. The predicted octanol–water partition coefficient (Wildman–Crippen LogP) is 15.3. The molecule has 262 valence electrons. The van der Waals surface area contributed by atoms with Crippen molar-refractivity contribution < 1.29 is 0 Å². The summed E-state index contributed by atoms with van der Waals surface area (Å²) in [5.41, 5.74) is 19.7. The topological polar surface area (TPSA) is 0 Å². The molecule has 0 saturated heterocycles. The summed E-state index contributed by atoms with van der Waals surface area (Å²) in [7, 11) is 0. The summed E-state index contributed by atoms with van der Waals surface area (Å²) < 4.78 is 0. The highest BCUT2D eigenvalue weighted by atomic mass is 14.5. The van der Waals surface area contributed by atoms with E-state index in [1.54, 1.807) is 0 Å². The molecule has 0 nitrogen and oxygen atoms in total. The van der Waals surface area contributed by atoms with Crippen molar-refractivity contribution in [2.45, 2.75) is 99.3 Å². The first-order valence-corrected chi connectivity index (χ1v) is 19.6. The van der Waals surface area contributed by atoms with Crippen molar-refractivity contribution in [3.8, 4) is 0 Å². The Bertz CT molecular complexity index is 2500. The highest BCUT2D eigenvalue weighted by Gasteiger charge is 2.48. The zero-order valence-corrected chi connectivity index (χ0v) is 33.0. The fraction of sp³-hybridized carbons (Fsp3) is 0.308. The van der Waals surface area contributed by atoms with Crippen LogP contribution in [0.3, 0.4) is 0 Å². The summed E-state index contributed by atoms with van der Waals surface area (Å²) >= 11 is 0. The van der Waals surface area contributed by atoms with Crippen molar-refractivity contribution >= 4 is 60.7 Å². The number of fused-ring (bicyclic) bond motifs is 3. The second kappa shape index (κ2) is 12.2. The van der Waals surface area contributed by atoms with E-state index in [-0.39, 0.29) is 5.41 Å². The molecule has 6 aromatic carbocycles. The second-order valence-corrected chi connectivity index (χ2v) is 17.3. The highest BCUT2D eigenvalue weighted by molar-refractivity contribution is 6.41. The third-order valence-corrected chi connectivity index (χ3v) is 12.3. The van der Waals surface area contributed by atoms with Crippen LogP contribution in [0.4, 0.5) is 0 Å². The number of hydrogen-bond acceptors (Lipinski definition) is 0. The Labute approximate surface area is 312 Å². The van der Waals surface area contributed by atoms with E-state index in [1.807, 2.05) is 6.08 Å². The van der Waals surface area contributed by atoms with Gasteiger partial charge in [-0.25, -0.2) is 0 Å². The molecule has 0 amide bonds. The molecule has 0 N–H and O–H groups in total. The predicted molar refractivity (Wildman–Crippen MR) is 231 cm³/mol. The summed E-state index contributed by atoms with van der Waals surface area (Å²) in [6.45, 7) is 32.5. The molecule has 0 heteroatoms. The SMILES string of the molecule is C=CCc1ccc(C(C)C)c(C2=C3C(=C(c4c(C(C)C)cc(C=C)cc4C(C)C)C2(C)C)c2ccc4ccc5cccc6cc3c2c4c56)c1C(C)C. The first-order chi connectivity index (χ1) is 24.8. The van der Waals surface area contributed by atoms with Crippen LogP contribution < -0.4 is 0 Å². The average molecular weight is 679 g/mol. The monoisotopic (exact) mass is 678 g/mol. The van der Waals surface area contributed by atoms with Crippen molar-refractivity contribution in [3.05, 3.63) is 148 Å². The van der Waals surface area contributed by atoms with E-state index < -0.39 is 0 Å². The van der Waals surface area contributed by atoms with E-state index in [1.165, 1.54) is 110 Å². The summed E-state index contributed by atoms with van der Waals surface area (Å²) in [5, 5.41) is 8.21. The zero-order valence-electron chi connectivity index (χ0n) is 33.0. The standard InChI is InChI=1S/C52H54/c1-13-16-33-21-23-37(28(3)4)47(42(33)31(9)10)51-49-41-27-36-18-15-17-34-19-20-35-22-24-38(45(41)44(35)43(34)36)48(49)50(52(51,11)12)46-39(29(5)6)25-32(14-2)26-40(46)30(7)8/h13-15,17-31H,1-2,16H2,3-12H3. The van der Waals surface area contributed by atoms with Crippen molar-refractivity contribution in [1.82, 2.24) is 0 Å². The molecule has 0 saturated carbocycles. The molecular weight excluding hydrogens is 625 g/mol. The van der Waals surface area contributed by atoms with E-state index in [2.05, 4.69) is 161 Å². The van der Waals surface area contributed by atoms with Gasteiger partial charge in [0.1, 0.15) is 0 Å². The van der Waals surface area contributed by atoms with Crippen LogP contribution in [0.5, 0.6) is 0 Å². The molecule has 0 bridgehead atoms. The third kappa shape index (κ3) is 4.72. The maximum Gasteiger partial charge on any atom is 0.0171 e. The van der Waals surface area contributed by atoms with Crippen LogP contribution in [0.1, 0.15) is 149 Å². The molecule has 6 aromatic rings. The highest BCUT2D eigenvalue weighted by Crippen LogP contribution is 2.68. The van der Waals surface area contributed by atoms with Gasteiger partial charge in [0.2, 0.25) is 0 Å². The Hall–Kier alpha value is -4.68. The van der Waals surface area contributed by atoms with Gasteiger partial charge in [-0.2, -0.15) is 0 Å². The molecule has 0 heterocycles. The molecule has 0 aliphatic heterocycles. The largest absolute Gasteiger partial charge is 0.103 e. The molecule has 2 aliphatic carbocycles. The first-order valence-electron chi connectivity index (χ1n) is 19.6. The van der Waals surface area contributed by atoms with E-state index in [9.17, 15) is 0 Å². The lowest BCUT2D eigenvalue weighted by molar-refractivity contribution is 0.670. The van der Waals surface area contributed by atoms with Crippen LogP contribution in [0.15, 0.2) is 92.0 Å². The number of benzene rings is 6. The molecular formula is C52H54. The normalized spacial score (nSPS) is 15.3. The lowest BCUT2D eigenvalue weighted by atomic mass is 9.67. The lowest BCUT2D eigenvalue weighted by Gasteiger charge is -2.36. The Balaban J connectivity index is 1.64. The fourth-order valence-corrected chi connectivity index (χ4v) is 10.1. The maximum atomic E-state index is 4.24. The van der Waals surface area contributed by atoms with Gasteiger partial charge in [0.25, 0.3) is 0 Å². The molecule has 52 heavy (non-hydrogen) atoms. The van der Waals surface area contributed by atoms with Gasteiger partial charge in [-0.3, -0.25) is 0 Å². The van der Waals surface area contributed by atoms with Crippen LogP contribution in [0, 0.1) is 5.41 Å². The van der Waals surface area contributed by atoms with Crippen LogP contribution >= 0.6 is 0 Å².